The van der Waals surface area contributed by atoms with Crippen LogP contribution >= 0.6 is 0 Å². The minimum Gasteiger partial charge on any atom is -0.308 e. The lowest BCUT2D eigenvalue weighted by atomic mass is 9.94. The van der Waals surface area contributed by atoms with Crippen LogP contribution in [0.15, 0.2) is 12.1 Å². The number of nitrogens with one attached hydrogen (secondary N) is 1. The lowest BCUT2D eigenvalue weighted by Gasteiger charge is -2.25. The highest BCUT2D eigenvalue weighted by Gasteiger charge is 2.14. The summed E-state index contributed by atoms with van der Waals surface area (Å²) in [5.74, 6) is 0. The first-order chi connectivity index (χ1) is 8.31. The van der Waals surface area contributed by atoms with E-state index in [1.54, 1.807) is 0 Å². The molecule has 0 aliphatic rings. The number of nitrogens with zero attached hydrogens (tertiary/aromatic N) is 1. The van der Waals surface area contributed by atoms with Crippen LogP contribution < -0.4 is 5.32 Å². The van der Waals surface area contributed by atoms with Gasteiger partial charge in [-0.1, -0.05) is 17.7 Å². The fourth-order valence-corrected chi connectivity index (χ4v) is 2.98. The molecular weight excluding hydrogens is 220 g/mol. The first-order valence-electron chi connectivity index (χ1n) is 6.79. The molecule has 2 heteroatoms. The summed E-state index contributed by atoms with van der Waals surface area (Å²) in [5.41, 5.74) is 5.59. The molecule has 0 aromatic heterocycles. The topological polar surface area (TPSA) is 15.3 Å². The van der Waals surface area contributed by atoms with E-state index >= 15 is 0 Å². The van der Waals surface area contributed by atoms with Gasteiger partial charge < -0.3 is 10.2 Å². The summed E-state index contributed by atoms with van der Waals surface area (Å²) in [6, 6.07) is 5.45. The number of hydrogen-bond acceptors (Lipinski definition) is 2. The molecule has 1 aromatic rings. The monoisotopic (exact) mass is 248 g/mol. The predicted octanol–water partition coefficient (Wildman–Crippen LogP) is 3.21. The second kappa shape index (κ2) is 6.35. The van der Waals surface area contributed by atoms with E-state index < -0.39 is 0 Å². The van der Waals surface area contributed by atoms with Gasteiger partial charge in [0.2, 0.25) is 0 Å². The van der Waals surface area contributed by atoms with Crippen molar-refractivity contribution in [2.24, 2.45) is 0 Å². The minimum absolute atomic E-state index is 0.403. The van der Waals surface area contributed by atoms with Crippen LogP contribution in [0.5, 0.6) is 0 Å². The van der Waals surface area contributed by atoms with Crippen molar-refractivity contribution in [1.29, 1.82) is 0 Å². The van der Waals surface area contributed by atoms with Crippen molar-refractivity contribution in [1.82, 2.24) is 10.2 Å². The van der Waals surface area contributed by atoms with Crippen LogP contribution in [0.25, 0.3) is 0 Å². The maximum Gasteiger partial charge on any atom is 0.0300 e. The van der Waals surface area contributed by atoms with Gasteiger partial charge in [0.25, 0.3) is 0 Å². The average molecular weight is 248 g/mol. The van der Waals surface area contributed by atoms with Crippen LogP contribution in [0.4, 0.5) is 0 Å². The molecule has 0 saturated carbocycles. The van der Waals surface area contributed by atoms with E-state index in [0.717, 1.165) is 6.54 Å². The van der Waals surface area contributed by atoms with Gasteiger partial charge in [-0.2, -0.15) is 0 Å². The molecule has 2 unspecified atom stereocenters. The average Bonchev–Trinajstić information content (AvgIpc) is 2.12. The smallest absolute Gasteiger partial charge is 0.0300 e. The van der Waals surface area contributed by atoms with Crippen LogP contribution in [-0.4, -0.2) is 31.6 Å². The van der Waals surface area contributed by atoms with E-state index in [-0.39, 0.29) is 0 Å². The molecule has 0 aliphatic heterocycles. The molecule has 0 heterocycles. The Balaban J connectivity index is 2.81. The second-order valence-corrected chi connectivity index (χ2v) is 5.86. The van der Waals surface area contributed by atoms with Gasteiger partial charge >= 0.3 is 0 Å². The van der Waals surface area contributed by atoms with Crippen LogP contribution in [-0.2, 0) is 0 Å². The highest BCUT2D eigenvalue weighted by molar-refractivity contribution is 5.39. The Morgan fingerprint density at radius 3 is 2.00 bits per heavy atom. The fourth-order valence-electron chi connectivity index (χ4n) is 2.98. The van der Waals surface area contributed by atoms with Crippen molar-refractivity contribution >= 4 is 0 Å². The summed E-state index contributed by atoms with van der Waals surface area (Å²) in [5, 5.41) is 3.69. The Morgan fingerprint density at radius 2 is 1.56 bits per heavy atom. The Morgan fingerprint density at radius 1 is 1.06 bits per heavy atom. The van der Waals surface area contributed by atoms with E-state index in [9.17, 15) is 0 Å². The third-order valence-electron chi connectivity index (χ3n) is 3.34. The van der Waals surface area contributed by atoms with Crippen LogP contribution in [0.3, 0.4) is 0 Å². The summed E-state index contributed by atoms with van der Waals surface area (Å²) in [4.78, 5) is 2.22. The Hall–Kier alpha value is -0.860. The molecule has 0 bridgehead atoms. The van der Waals surface area contributed by atoms with Gasteiger partial charge in [-0.25, -0.2) is 0 Å². The van der Waals surface area contributed by atoms with E-state index in [1.165, 1.54) is 22.3 Å². The molecule has 102 valence electrons. The zero-order chi connectivity index (χ0) is 13.9. The van der Waals surface area contributed by atoms with Crippen molar-refractivity contribution in [2.75, 3.05) is 20.6 Å². The van der Waals surface area contributed by atoms with Crippen LogP contribution in [0, 0.1) is 20.8 Å². The summed E-state index contributed by atoms with van der Waals surface area (Å²) in [6.07, 6.45) is 0. The lowest BCUT2D eigenvalue weighted by molar-refractivity contribution is 0.334. The molecule has 1 N–H and O–H groups in total. The molecule has 2 nitrogen and oxygen atoms in total. The maximum atomic E-state index is 3.69. The Bertz CT molecular complexity index is 373. The van der Waals surface area contributed by atoms with Crippen molar-refractivity contribution in [3.05, 3.63) is 34.4 Å². The zero-order valence-electron chi connectivity index (χ0n) is 13.0. The molecule has 0 amide bonds. The first-order valence-corrected chi connectivity index (χ1v) is 6.79. The van der Waals surface area contributed by atoms with Crippen LogP contribution in [0.1, 0.15) is 42.1 Å². The largest absolute Gasteiger partial charge is 0.308 e. The molecule has 0 fully saturated rings. The van der Waals surface area contributed by atoms with E-state index in [4.69, 9.17) is 0 Å². The number of rotatable bonds is 5. The molecule has 1 aromatic carbocycles. The summed E-state index contributed by atoms with van der Waals surface area (Å²) >= 11 is 0. The SMILES string of the molecule is Cc1cc(C)c(C(C)NC(C)CN(C)C)c(C)c1. The molecule has 0 aliphatic carbocycles. The highest BCUT2D eigenvalue weighted by atomic mass is 15.1. The van der Waals surface area contributed by atoms with Gasteiger partial charge in [-0.3, -0.25) is 0 Å². The maximum absolute atomic E-state index is 3.69. The standard InChI is InChI=1S/C16H28N2/c1-11-8-12(2)16(13(3)9-11)15(5)17-14(4)10-18(6)7/h8-9,14-15,17H,10H2,1-7H3. The third kappa shape index (κ3) is 4.11. The van der Waals surface area contributed by atoms with E-state index in [0.29, 0.717) is 12.1 Å². The number of aryl methyl sites for hydroxylation is 3. The molecular formula is C16H28N2. The minimum atomic E-state index is 0.403. The normalized spacial score (nSPS) is 14.9. The van der Waals surface area contributed by atoms with Crippen molar-refractivity contribution in [3.63, 3.8) is 0 Å². The molecule has 1 rings (SSSR count). The number of benzene rings is 1. The van der Waals surface area contributed by atoms with Gasteiger partial charge in [0.1, 0.15) is 0 Å². The second-order valence-electron chi connectivity index (χ2n) is 5.86. The summed E-state index contributed by atoms with van der Waals surface area (Å²) < 4.78 is 0. The number of likely N-dealkylation sites (N-methyl/N-ethyl adjacent to an activating group) is 1. The van der Waals surface area contributed by atoms with Crippen LogP contribution in [0.2, 0.25) is 0 Å². The Labute approximate surface area is 112 Å². The quantitative estimate of drug-likeness (QED) is 0.861. The molecule has 0 radical (unpaired) electrons. The lowest BCUT2D eigenvalue weighted by Crippen LogP contribution is -2.37. The van der Waals surface area contributed by atoms with Gasteiger partial charge in [-0.15, -0.1) is 0 Å². The summed E-state index contributed by atoms with van der Waals surface area (Å²) in [7, 11) is 4.23. The van der Waals surface area contributed by atoms with E-state index in [2.05, 4.69) is 71.1 Å². The molecule has 18 heavy (non-hydrogen) atoms. The zero-order valence-corrected chi connectivity index (χ0v) is 13.0. The first kappa shape index (κ1) is 15.2. The van der Waals surface area contributed by atoms with Gasteiger partial charge in [-0.05, 0) is 65.4 Å². The number of hydrogen-bond donors (Lipinski definition) is 1. The van der Waals surface area contributed by atoms with Crippen molar-refractivity contribution < 1.29 is 0 Å². The molecule has 0 saturated heterocycles. The van der Waals surface area contributed by atoms with Gasteiger partial charge in [0.05, 0.1) is 0 Å². The third-order valence-corrected chi connectivity index (χ3v) is 3.34. The predicted molar refractivity (Wildman–Crippen MR) is 80.2 cm³/mol. The van der Waals surface area contributed by atoms with Crippen molar-refractivity contribution in [3.8, 4) is 0 Å². The Kier molecular flexibility index (Phi) is 5.36. The van der Waals surface area contributed by atoms with Gasteiger partial charge in [0, 0.05) is 18.6 Å². The fraction of sp³-hybridized carbons (Fsp3) is 0.625. The van der Waals surface area contributed by atoms with Crippen molar-refractivity contribution in [2.45, 2.75) is 46.7 Å². The van der Waals surface area contributed by atoms with E-state index in [1.807, 2.05) is 0 Å². The molecule has 2 atom stereocenters. The molecule has 0 spiro atoms. The highest BCUT2D eigenvalue weighted by Crippen LogP contribution is 2.23. The summed E-state index contributed by atoms with van der Waals surface area (Å²) in [6.45, 7) is 12.2. The van der Waals surface area contributed by atoms with Gasteiger partial charge in [0.15, 0.2) is 0 Å².